The van der Waals surface area contributed by atoms with E-state index >= 15 is 0 Å². The lowest BCUT2D eigenvalue weighted by Gasteiger charge is -2.16. The number of phenolic OH excluding ortho intramolecular Hbond substituents is 1. The average Bonchev–Trinajstić information content (AvgIpc) is 2.84. The molecule has 2 N–H and O–H groups in total. The molecule has 0 atom stereocenters. The monoisotopic (exact) mass is 245 g/mol. The van der Waals surface area contributed by atoms with Gasteiger partial charge in [-0.05, 0) is 24.6 Å². The third-order valence-corrected chi connectivity index (χ3v) is 2.78. The predicted molar refractivity (Wildman–Crippen MR) is 67.2 cm³/mol. The van der Waals surface area contributed by atoms with Gasteiger partial charge in [0, 0.05) is 30.9 Å². The summed E-state index contributed by atoms with van der Waals surface area (Å²) in [6.45, 7) is 2.27. The average molecular weight is 245 g/mol. The molecule has 2 rings (SSSR count). The summed E-state index contributed by atoms with van der Waals surface area (Å²) in [6, 6.07) is 4.93. The molecule has 5 nitrogen and oxygen atoms in total. The molecule has 0 fully saturated rings. The van der Waals surface area contributed by atoms with Crippen molar-refractivity contribution in [3.05, 3.63) is 47.3 Å². The number of hydrogen-bond acceptors (Lipinski definition) is 3. The van der Waals surface area contributed by atoms with Crippen molar-refractivity contribution >= 4 is 5.91 Å². The highest BCUT2D eigenvalue weighted by atomic mass is 16.3. The van der Waals surface area contributed by atoms with Crippen LogP contribution in [0.25, 0.3) is 0 Å². The van der Waals surface area contributed by atoms with E-state index in [1.54, 1.807) is 43.4 Å². The van der Waals surface area contributed by atoms with Gasteiger partial charge in [0.15, 0.2) is 0 Å². The zero-order chi connectivity index (χ0) is 13.1. The molecule has 0 spiro atoms. The van der Waals surface area contributed by atoms with Crippen LogP contribution in [-0.2, 0) is 6.54 Å². The smallest absolute Gasteiger partial charge is 0.254 e. The van der Waals surface area contributed by atoms with Crippen molar-refractivity contribution < 1.29 is 9.90 Å². The standard InChI is InChI=1S/C13H15N3O2/c1-9-3-4-11(5-12(9)17)13(18)16(2)8-10-6-14-15-7-10/h3-7,17H,8H2,1-2H3,(H,14,15). The van der Waals surface area contributed by atoms with Crippen molar-refractivity contribution in [2.24, 2.45) is 0 Å². The summed E-state index contributed by atoms with van der Waals surface area (Å²) < 4.78 is 0. The number of aromatic amines is 1. The van der Waals surface area contributed by atoms with Gasteiger partial charge in [-0.25, -0.2) is 0 Å². The van der Waals surface area contributed by atoms with E-state index in [2.05, 4.69) is 10.2 Å². The molecule has 0 saturated carbocycles. The number of rotatable bonds is 3. The number of nitrogens with zero attached hydrogens (tertiary/aromatic N) is 2. The second kappa shape index (κ2) is 4.91. The highest BCUT2D eigenvalue weighted by molar-refractivity contribution is 5.94. The predicted octanol–water partition coefficient (Wildman–Crippen LogP) is 1.70. The second-order valence-corrected chi connectivity index (χ2v) is 4.27. The topological polar surface area (TPSA) is 69.2 Å². The number of H-pyrrole nitrogens is 1. The van der Waals surface area contributed by atoms with E-state index in [0.29, 0.717) is 12.1 Å². The fourth-order valence-corrected chi connectivity index (χ4v) is 1.67. The maximum absolute atomic E-state index is 12.1. The second-order valence-electron chi connectivity index (χ2n) is 4.27. The Bertz CT molecular complexity index is 549. The Balaban J connectivity index is 2.12. The van der Waals surface area contributed by atoms with Gasteiger partial charge in [0.05, 0.1) is 6.20 Å². The molecule has 0 bridgehead atoms. The van der Waals surface area contributed by atoms with Gasteiger partial charge in [0.25, 0.3) is 5.91 Å². The summed E-state index contributed by atoms with van der Waals surface area (Å²) in [5, 5.41) is 16.1. The summed E-state index contributed by atoms with van der Waals surface area (Å²) in [7, 11) is 1.71. The Morgan fingerprint density at radius 1 is 1.50 bits per heavy atom. The zero-order valence-corrected chi connectivity index (χ0v) is 10.3. The highest BCUT2D eigenvalue weighted by Gasteiger charge is 2.13. The third-order valence-electron chi connectivity index (χ3n) is 2.78. The van der Waals surface area contributed by atoms with Gasteiger partial charge in [-0.2, -0.15) is 5.10 Å². The van der Waals surface area contributed by atoms with Gasteiger partial charge in [0.1, 0.15) is 5.75 Å². The van der Waals surface area contributed by atoms with Gasteiger partial charge in [-0.3, -0.25) is 9.89 Å². The van der Waals surface area contributed by atoms with Gasteiger partial charge >= 0.3 is 0 Å². The number of aromatic nitrogens is 2. The van der Waals surface area contributed by atoms with E-state index in [1.807, 2.05) is 0 Å². The Kier molecular flexibility index (Phi) is 3.32. The Labute approximate surface area is 105 Å². The lowest BCUT2D eigenvalue weighted by Crippen LogP contribution is -2.25. The number of carbonyl (C=O) groups excluding carboxylic acids is 1. The fraction of sp³-hybridized carbons (Fsp3) is 0.231. The molecule has 1 heterocycles. The number of aromatic hydroxyl groups is 1. The van der Waals surface area contributed by atoms with Crippen LogP contribution >= 0.6 is 0 Å². The molecule has 1 aromatic carbocycles. The maximum Gasteiger partial charge on any atom is 0.254 e. The Morgan fingerprint density at radius 3 is 2.89 bits per heavy atom. The first kappa shape index (κ1) is 12.2. The van der Waals surface area contributed by atoms with Gasteiger partial charge in [-0.1, -0.05) is 6.07 Å². The molecule has 18 heavy (non-hydrogen) atoms. The van der Waals surface area contributed by atoms with Crippen LogP contribution in [0.2, 0.25) is 0 Å². The molecule has 0 radical (unpaired) electrons. The molecule has 0 aliphatic rings. The number of benzene rings is 1. The molecular formula is C13H15N3O2. The molecule has 2 aromatic rings. The summed E-state index contributed by atoms with van der Waals surface area (Å²) >= 11 is 0. The molecule has 0 saturated heterocycles. The molecule has 0 aliphatic carbocycles. The normalized spacial score (nSPS) is 10.3. The van der Waals surface area contributed by atoms with E-state index in [4.69, 9.17) is 0 Å². The van der Waals surface area contributed by atoms with E-state index in [1.165, 1.54) is 6.07 Å². The number of aryl methyl sites for hydroxylation is 1. The van der Waals surface area contributed by atoms with Crippen LogP contribution in [0.1, 0.15) is 21.5 Å². The summed E-state index contributed by atoms with van der Waals surface area (Å²) in [5.74, 6) is 0.00376. The highest BCUT2D eigenvalue weighted by Crippen LogP contribution is 2.18. The third kappa shape index (κ3) is 2.51. The number of phenols is 1. The summed E-state index contributed by atoms with van der Waals surface area (Å²) in [5.41, 5.74) is 2.16. The number of amides is 1. The zero-order valence-electron chi connectivity index (χ0n) is 10.3. The van der Waals surface area contributed by atoms with Crippen molar-refractivity contribution in [3.8, 4) is 5.75 Å². The van der Waals surface area contributed by atoms with Crippen molar-refractivity contribution in [1.29, 1.82) is 0 Å². The fourth-order valence-electron chi connectivity index (χ4n) is 1.67. The number of hydrogen-bond donors (Lipinski definition) is 2. The van der Waals surface area contributed by atoms with Crippen molar-refractivity contribution in [3.63, 3.8) is 0 Å². The van der Waals surface area contributed by atoms with Crippen molar-refractivity contribution in [2.75, 3.05) is 7.05 Å². The maximum atomic E-state index is 12.1. The van der Waals surface area contributed by atoms with Crippen molar-refractivity contribution in [1.82, 2.24) is 15.1 Å². The van der Waals surface area contributed by atoms with Gasteiger partial charge in [-0.15, -0.1) is 0 Å². The number of nitrogens with one attached hydrogen (secondary N) is 1. The van der Waals surface area contributed by atoms with Crippen LogP contribution < -0.4 is 0 Å². The quantitative estimate of drug-likeness (QED) is 0.864. The van der Waals surface area contributed by atoms with Gasteiger partial charge in [0.2, 0.25) is 0 Å². The lowest BCUT2D eigenvalue weighted by atomic mass is 10.1. The van der Waals surface area contributed by atoms with E-state index in [0.717, 1.165) is 11.1 Å². The van der Waals surface area contributed by atoms with Crippen LogP contribution in [0.15, 0.2) is 30.6 Å². The van der Waals surface area contributed by atoms with E-state index < -0.39 is 0 Å². The summed E-state index contributed by atoms with van der Waals surface area (Å²) in [6.07, 6.45) is 3.42. The molecule has 0 unspecified atom stereocenters. The Hall–Kier alpha value is -2.30. The molecule has 94 valence electrons. The Morgan fingerprint density at radius 2 is 2.28 bits per heavy atom. The van der Waals surface area contributed by atoms with Crippen LogP contribution in [0.5, 0.6) is 5.75 Å². The van der Waals surface area contributed by atoms with E-state index in [-0.39, 0.29) is 11.7 Å². The van der Waals surface area contributed by atoms with Crippen LogP contribution in [0, 0.1) is 6.92 Å². The molecule has 1 amide bonds. The minimum absolute atomic E-state index is 0.133. The van der Waals surface area contributed by atoms with Crippen LogP contribution in [0.4, 0.5) is 0 Å². The van der Waals surface area contributed by atoms with Gasteiger partial charge < -0.3 is 10.0 Å². The first-order valence-corrected chi connectivity index (χ1v) is 5.60. The van der Waals surface area contributed by atoms with Crippen LogP contribution in [-0.4, -0.2) is 33.2 Å². The first-order valence-electron chi connectivity index (χ1n) is 5.60. The summed E-state index contributed by atoms with van der Waals surface area (Å²) in [4.78, 5) is 13.7. The number of carbonyl (C=O) groups is 1. The largest absolute Gasteiger partial charge is 0.508 e. The first-order chi connectivity index (χ1) is 8.58. The minimum atomic E-state index is -0.133. The van der Waals surface area contributed by atoms with Crippen LogP contribution in [0.3, 0.4) is 0 Å². The molecule has 5 heteroatoms. The molecule has 1 aromatic heterocycles. The SMILES string of the molecule is Cc1ccc(C(=O)N(C)Cc2cn[nH]c2)cc1O. The van der Waals surface area contributed by atoms with Crippen molar-refractivity contribution in [2.45, 2.75) is 13.5 Å². The van der Waals surface area contributed by atoms with E-state index in [9.17, 15) is 9.90 Å². The molecular weight excluding hydrogens is 230 g/mol. The minimum Gasteiger partial charge on any atom is -0.508 e. The molecule has 0 aliphatic heterocycles. The lowest BCUT2D eigenvalue weighted by molar-refractivity contribution is 0.0784.